The van der Waals surface area contributed by atoms with Gasteiger partial charge in [-0.3, -0.25) is 4.79 Å². The Morgan fingerprint density at radius 1 is 1.03 bits per heavy atom. The van der Waals surface area contributed by atoms with E-state index in [1.807, 2.05) is 6.92 Å². The molecule has 0 heterocycles. The number of carbonyl (C=O) groups is 1. The highest BCUT2D eigenvalue weighted by Crippen LogP contribution is 2.37. The zero-order chi connectivity index (χ0) is 25.4. The number of hydrazone groups is 1. The van der Waals surface area contributed by atoms with Gasteiger partial charge in [-0.05, 0) is 64.8 Å². The number of carbonyl (C=O) groups excluding carboxylic acids is 1. The van der Waals surface area contributed by atoms with E-state index in [1.165, 1.54) is 20.4 Å². The van der Waals surface area contributed by atoms with Crippen molar-refractivity contribution in [1.29, 1.82) is 0 Å². The van der Waals surface area contributed by atoms with Crippen molar-refractivity contribution in [3.63, 3.8) is 0 Å². The third kappa shape index (κ3) is 7.04. The molecule has 3 aromatic rings. The summed E-state index contributed by atoms with van der Waals surface area (Å²) in [5.41, 5.74) is 4.29. The molecule has 184 valence electrons. The summed E-state index contributed by atoms with van der Waals surface area (Å²) in [6, 6.07) is 13.7. The monoisotopic (exact) mass is 580 g/mol. The van der Waals surface area contributed by atoms with E-state index in [0.717, 1.165) is 5.56 Å². The van der Waals surface area contributed by atoms with Crippen LogP contribution >= 0.6 is 39.1 Å². The van der Waals surface area contributed by atoms with Crippen LogP contribution in [0.15, 0.2) is 58.1 Å². The zero-order valence-electron chi connectivity index (χ0n) is 19.2. The second-order valence-electron chi connectivity index (χ2n) is 7.05. The van der Waals surface area contributed by atoms with Crippen molar-refractivity contribution in [3.05, 3.63) is 79.7 Å². The van der Waals surface area contributed by atoms with E-state index in [1.54, 1.807) is 48.5 Å². The minimum absolute atomic E-state index is 0.224. The van der Waals surface area contributed by atoms with Crippen molar-refractivity contribution in [2.75, 3.05) is 20.8 Å². The largest absolute Gasteiger partial charge is 0.497 e. The molecule has 0 aliphatic heterocycles. The van der Waals surface area contributed by atoms with Gasteiger partial charge in [-0.1, -0.05) is 29.3 Å². The SMILES string of the molecule is CCOc1cc(/C=N\NC(=O)c2ccc(OC)cc2OC)cc(Br)c1OCc1ccc(Cl)cc1Cl. The number of rotatable bonds is 10. The molecule has 7 nitrogen and oxygen atoms in total. The van der Waals surface area contributed by atoms with Gasteiger partial charge in [-0.2, -0.15) is 5.10 Å². The average Bonchev–Trinajstić information content (AvgIpc) is 2.84. The van der Waals surface area contributed by atoms with Crippen LogP contribution in [0, 0.1) is 0 Å². The van der Waals surface area contributed by atoms with Gasteiger partial charge in [0.25, 0.3) is 5.91 Å². The third-order valence-electron chi connectivity index (χ3n) is 4.75. The second kappa shape index (κ2) is 12.7. The number of nitrogens with one attached hydrogen (secondary N) is 1. The normalized spacial score (nSPS) is 10.8. The molecule has 0 saturated carbocycles. The fourth-order valence-electron chi connectivity index (χ4n) is 3.07. The van der Waals surface area contributed by atoms with Crippen LogP contribution in [-0.2, 0) is 6.61 Å². The number of amides is 1. The molecular weight excluding hydrogens is 559 g/mol. The molecule has 1 N–H and O–H groups in total. The Labute approximate surface area is 222 Å². The molecule has 1 amide bonds. The molecule has 0 atom stereocenters. The summed E-state index contributed by atoms with van der Waals surface area (Å²) in [5.74, 6) is 1.56. The highest BCUT2D eigenvalue weighted by Gasteiger charge is 2.15. The van der Waals surface area contributed by atoms with Crippen molar-refractivity contribution < 1.29 is 23.7 Å². The first-order chi connectivity index (χ1) is 16.9. The lowest BCUT2D eigenvalue weighted by atomic mass is 10.2. The summed E-state index contributed by atoms with van der Waals surface area (Å²) < 4.78 is 22.8. The smallest absolute Gasteiger partial charge is 0.275 e. The van der Waals surface area contributed by atoms with Gasteiger partial charge in [0.2, 0.25) is 0 Å². The Balaban J connectivity index is 1.75. The first-order valence-corrected chi connectivity index (χ1v) is 12.0. The Hall–Kier alpha value is -2.94. The minimum Gasteiger partial charge on any atom is -0.497 e. The van der Waals surface area contributed by atoms with E-state index >= 15 is 0 Å². The molecule has 0 spiro atoms. The van der Waals surface area contributed by atoms with Crippen molar-refractivity contribution >= 4 is 51.3 Å². The summed E-state index contributed by atoms with van der Waals surface area (Å²) in [6.07, 6.45) is 1.50. The summed E-state index contributed by atoms with van der Waals surface area (Å²) in [6.45, 7) is 2.53. The number of hydrogen-bond acceptors (Lipinski definition) is 6. The Kier molecular flexibility index (Phi) is 9.65. The predicted octanol–water partition coefficient (Wildman–Crippen LogP) is 6.51. The van der Waals surface area contributed by atoms with Gasteiger partial charge in [0, 0.05) is 21.7 Å². The lowest BCUT2D eigenvalue weighted by molar-refractivity contribution is 0.0952. The summed E-state index contributed by atoms with van der Waals surface area (Å²) in [5, 5.41) is 5.13. The number of nitrogens with zero attached hydrogens (tertiary/aromatic N) is 1. The topological polar surface area (TPSA) is 78.4 Å². The zero-order valence-corrected chi connectivity index (χ0v) is 22.3. The molecule has 0 radical (unpaired) electrons. The van der Waals surface area contributed by atoms with Gasteiger partial charge in [0.05, 0.1) is 37.1 Å². The fourth-order valence-corrected chi connectivity index (χ4v) is 4.10. The highest BCUT2D eigenvalue weighted by atomic mass is 79.9. The van der Waals surface area contributed by atoms with Crippen LogP contribution in [0.4, 0.5) is 0 Å². The van der Waals surface area contributed by atoms with Crippen LogP contribution < -0.4 is 24.4 Å². The quantitative estimate of drug-likeness (QED) is 0.218. The molecule has 0 saturated heterocycles. The van der Waals surface area contributed by atoms with Crippen molar-refractivity contribution in [1.82, 2.24) is 5.43 Å². The van der Waals surface area contributed by atoms with Crippen LogP contribution in [-0.4, -0.2) is 32.9 Å². The van der Waals surface area contributed by atoms with E-state index in [-0.39, 0.29) is 6.61 Å². The van der Waals surface area contributed by atoms with Crippen molar-refractivity contribution in [2.24, 2.45) is 5.10 Å². The van der Waals surface area contributed by atoms with Crippen LogP contribution in [0.3, 0.4) is 0 Å². The van der Waals surface area contributed by atoms with E-state index in [9.17, 15) is 4.79 Å². The molecule has 0 unspecified atom stereocenters. The third-order valence-corrected chi connectivity index (χ3v) is 5.93. The lowest BCUT2D eigenvalue weighted by Gasteiger charge is -2.15. The van der Waals surface area contributed by atoms with E-state index in [2.05, 4.69) is 26.5 Å². The van der Waals surface area contributed by atoms with Gasteiger partial charge >= 0.3 is 0 Å². The van der Waals surface area contributed by atoms with Gasteiger partial charge in [0.1, 0.15) is 18.1 Å². The second-order valence-corrected chi connectivity index (χ2v) is 8.75. The van der Waals surface area contributed by atoms with E-state index in [4.69, 9.17) is 42.1 Å². The van der Waals surface area contributed by atoms with Gasteiger partial charge in [-0.25, -0.2) is 5.43 Å². The Morgan fingerprint density at radius 2 is 1.83 bits per heavy atom. The standard InChI is InChI=1S/C25H23BrCl2N2O5/c1-4-34-23-10-15(9-20(26)24(23)35-14-16-5-6-17(27)11-21(16)28)13-29-30-25(31)19-8-7-18(32-2)12-22(19)33-3/h5-13H,4,14H2,1-3H3,(H,30,31)/b29-13-. The first-order valence-electron chi connectivity index (χ1n) is 10.4. The first kappa shape index (κ1) is 26.7. The minimum atomic E-state index is -0.426. The van der Waals surface area contributed by atoms with Crippen molar-refractivity contribution in [2.45, 2.75) is 13.5 Å². The van der Waals surface area contributed by atoms with Crippen LogP contribution in [0.1, 0.15) is 28.4 Å². The van der Waals surface area contributed by atoms with Gasteiger partial charge < -0.3 is 18.9 Å². The molecular formula is C25H23BrCl2N2O5. The van der Waals surface area contributed by atoms with Gasteiger partial charge in [0.15, 0.2) is 11.5 Å². The summed E-state index contributed by atoms with van der Waals surface area (Å²) in [4.78, 5) is 12.6. The molecule has 0 aromatic heterocycles. The maximum atomic E-state index is 12.6. The fraction of sp³-hybridized carbons (Fsp3) is 0.200. The maximum Gasteiger partial charge on any atom is 0.275 e. The molecule has 35 heavy (non-hydrogen) atoms. The summed E-state index contributed by atoms with van der Waals surface area (Å²) in [7, 11) is 3.02. The highest BCUT2D eigenvalue weighted by molar-refractivity contribution is 9.10. The Bertz CT molecular complexity index is 1240. The van der Waals surface area contributed by atoms with Crippen LogP contribution in [0.5, 0.6) is 23.0 Å². The van der Waals surface area contributed by atoms with Crippen LogP contribution in [0.2, 0.25) is 10.0 Å². The molecule has 0 bridgehead atoms. The maximum absolute atomic E-state index is 12.6. The van der Waals surface area contributed by atoms with E-state index < -0.39 is 5.91 Å². The number of halogens is 3. The Morgan fingerprint density at radius 3 is 2.51 bits per heavy atom. The van der Waals surface area contributed by atoms with Crippen molar-refractivity contribution in [3.8, 4) is 23.0 Å². The van der Waals surface area contributed by atoms with E-state index in [0.29, 0.717) is 55.2 Å². The molecule has 0 aliphatic carbocycles. The number of hydrogen-bond donors (Lipinski definition) is 1. The lowest BCUT2D eigenvalue weighted by Crippen LogP contribution is -2.18. The molecule has 10 heteroatoms. The molecule has 3 rings (SSSR count). The predicted molar refractivity (Wildman–Crippen MR) is 141 cm³/mol. The number of benzene rings is 3. The number of ether oxygens (including phenoxy) is 4. The van der Waals surface area contributed by atoms with Gasteiger partial charge in [-0.15, -0.1) is 0 Å². The molecule has 3 aromatic carbocycles. The average molecular weight is 582 g/mol. The van der Waals surface area contributed by atoms with Crippen LogP contribution in [0.25, 0.3) is 0 Å². The molecule has 0 aliphatic rings. The molecule has 0 fully saturated rings. The summed E-state index contributed by atoms with van der Waals surface area (Å²) >= 11 is 15.7. The number of methoxy groups -OCH3 is 2.